The molecule has 0 bridgehead atoms. The Kier molecular flexibility index (Phi) is 46.2. The minimum absolute atomic E-state index is 0.158. The zero-order valence-electron chi connectivity index (χ0n) is 43.6. The van der Waals surface area contributed by atoms with Gasteiger partial charge in [-0.3, -0.25) is 28.8 Å². The van der Waals surface area contributed by atoms with E-state index in [4.69, 9.17) is 28.4 Å². The van der Waals surface area contributed by atoms with Crippen LogP contribution in [0, 0.1) is 5.41 Å². The summed E-state index contributed by atoms with van der Waals surface area (Å²) >= 11 is 0. The van der Waals surface area contributed by atoms with Gasteiger partial charge in [0.1, 0.15) is 19.8 Å². The number of aliphatic hydroxyl groups is 1. The first-order valence-electron chi connectivity index (χ1n) is 27.1. The Morgan fingerprint density at radius 1 is 0.319 bits per heavy atom. The van der Waals surface area contributed by atoms with E-state index >= 15 is 0 Å². The number of ether oxygens (including phenoxy) is 6. The molecular weight excluding hydrogens is 881 g/mol. The summed E-state index contributed by atoms with van der Waals surface area (Å²) in [5.74, 6) is -1.98. The number of hydrogen-bond acceptors (Lipinski definition) is 13. The quantitative estimate of drug-likeness (QED) is 0.0264. The van der Waals surface area contributed by atoms with E-state index in [1.165, 1.54) is 0 Å². The molecule has 69 heavy (non-hydrogen) atoms. The summed E-state index contributed by atoms with van der Waals surface area (Å²) in [7, 11) is 0. The summed E-state index contributed by atoms with van der Waals surface area (Å²) in [6.45, 7) is 6.22. The summed E-state index contributed by atoms with van der Waals surface area (Å²) in [6, 6.07) is 0. The van der Waals surface area contributed by atoms with Gasteiger partial charge >= 0.3 is 35.8 Å². The first kappa shape index (κ1) is 65.0. The standard InChI is InChI=1S/C56H96O13/c1-4-7-10-13-25-34-43-64-50(58)37-28-19-16-22-31-40-53(61)67-47-56(46-57,48-68-54(62)41-32-23-17-20-29-38-51(59)65-44-35-26-14-11-8-5-2)49-69-55(63)42-33-24-18-21-30-39-52(60)66-45-36-27-15-12-9-6-3/h13-15,25-27,57H,4-12,16-24,28-49H2,1-3H3/b25-13-,26-14-,27-15-. The van der Waals surface area contributed by atoms with Gasteiger partial charge in [-0.2, -0.15) is 0 Å². The molecule has 0 aliphatic carbocycles. The first-order valence-corrected chi connectivity index (χ1v) is 27.1. The summed E-state index contributed by atoms with van der Waals surface area (Å²) in [5, 5.41) is 10.5. The zero-order valence-corrected chi connectivity index (χ0v) is 43.6. The molecule has 0 amide bonds. The maximum Gasteiger partial charge on any atom is 0.305 e. The largest absolute Gasteiger partial charge is 0.465 e. The van der Waals surface area contributed by atoms with Crippen LogP contribution in [0.4, 0.5) is 0 Å². The molecule has 0 aliphatic heterocycles. The molecule has 13 heteroatoms. The van der Waals surface area contributed by atoms with Crippen molar-refractivity contribution >= 4 is 35.8 Å². The van der Waals surface area contributed by atoms with Crippen molar-refractivity contribution in [1.29, 1.82) is 0 Å². The van der Waals surface area contributed by atoms with E-state index in [0.29, 0.717) is 58.3 Å². The lowest BCUT2D eigenvalue weighted by Gasteiger charge is -2.30. The summed E-state index contributed by atoms with van der Waals surface area (Å²) in [6.07, 6.45) is 37.8. The van der Waals surface area contributed by atoms with Crippen molar-refractivity contribution in [3.8, 4) is 0 Å². The van der Waals surface area contributed by atoms with E-state index in [1.54, 1.807) is 0 Å². The minimum Gasteiger partial charge on any atom is -0.465 e. The third kappa shape index (κ3) is 44.9. The Labute approximate surface area is 417 Å². The van der Waals surface area contributed by atoms with Gasteiger partial charge < -0.3 is 33.5 Å². The van der Waals surface area contributed by atoms with Crippen molar-refractivity contribution in [3.05, 3.63) is 36.5 Å². The van der Waals surface area contributed by atoms with Crippen LogP contribution in [0.15, 0.2) is 36.5 Å². The van der Waals surface area contributed by atoms with Gasteiger partial charge in [0.2, 0.25) is 0 Å². The first-order chi connectivity index (χ1) is 33.6. The van der Waals surface area contributed by atoms with Crippen molar-refractivity contribution in [3.63, 3.8) is 0 Å². The van der Waals surface area contributed by atoms with Crippen LogP contribution >= 0.6 is 0 Å². The van der Waals surface area contributed by atoms with Gasteiger partial charge in [-0.05, 0) is 77.0 Å². The van der Waals surface area contributed by atoms with Gasteiger partial charge in [0.05, 0.1) is 31.8 Å². The molecular formula is C56H96O13. The minimum atomic E-state index is -1.33. The molecule has 0 spiro atoms. The number of esters is 6. The van der Waals surface area contributed by atoms with Crippen LogP contribution in [-0.2, 0) is 57.2 Å². The Balaban J connectivity index is 4.75. The summed E-state index contributed by atoms with van der Waals surface area (Å²) < 4.78 is 32.6. The molecule has 398 valence electrons. The Morgan fingerprint density at radius 2 is 0.536 bits per heavy atom. The second kappa shape index (κ2) is 49.0. The van der Waals surface area contributed by atoms with Crippen LogP contribution in [0.5, 0.6) is 0 Å². The van der Waals surface area contributed by atoms with E-state index in [-0.39, 0.29) is 57.0 Å². The highest BCUT2D eigenvalue weighted by atomic mass is 16.6. The number of aliphatic hydroxyl groups excluding tert-OH is 1. The van der Waals surface area contributed by atoms with Gasteiger partial charge in [-0.25, -0.2) is 0 Å². The average molecular weight is 977 g/mol. The van der Waals surface area contributed by atoms with Crippen molar-refractivity contribution in [2.75, 3.05) is 46.2 Å². The Bertz CT molecular complexity index is 1230. The Morgan fingerprint density at radius 3 is 0.768 bits per heavy atom. The molecule has 0 saturated heterocycles. The molecule has 0 atom stereocenters. The molecule has 0 fully saturated rings. The second-order valence-corrected chi connectivity index (χ2v) is 18.3. The molecule has 0 saturated carbocycles. The van der Waals surface area contributed by atoms with Gasteiger partial charge in [0, 0.05) is 38.5 Å². The number of hydrogen-bond donors (Lipinski definition) is 1. The molecule has 13 nitrogen and oxygen atoms in total. The molecule has 0 rings (SSSR count). The van der Waals surface area contributed by atoms with Crippen LogP contribution in [0.1, 0.15) is 233 Å². The third-order valence-corrected chi connectivity index (χ3v) is 11.6. The van der Waals surface area contributed by atoms with E-state index in [9.17, 15) is 33.9 Å². The highest BCUT2D eigenvalue weighted by Crippen LogP contribution is 2.22. The number of unbranched alkanes of at least 4 members (excludes halogenated alkanes) is 18. The lowest BCUT2D eigenvalue weighted by molar-refractivity contribution is -0.165. The lowest BCUT2D eigenvalue weighted by Crippen LogP contribution is -2.42. The zero-order chi connectivity index (χ0) is 50.7. The number of rotatable bonds is 49. The van der Waals surface area contributed by atoms with Crippen LogP contribution in [-0.4, -0.2) is 87.2 Å². The second-order valence-electron chi connectivity index (χ2n) is 18.3. The lowest BCUT2D eigenvalue weighted by atomic mass is 9.92. The fraction of sp³-hybridized carbons (Fsp3) is 0.786. The highest BCUT2D eigenvalue weighted by Gasteiger charge is 2.35. The molecule has 0 aliphatic rings. The fourth-order valence-electron chi connectivity index (χ4n) is 7.00. The van der Waals surface area contributed by atoms with Gasteiger partial charge in [0.15, 0.2) is 0 Å². The number of carbonyl (C=O) groups excluding carboxylic acids is 6. The van der Waals surface area contributed by atoms with Crippen LogP contribution in [0.3, 0.4) is 0 Å². The SMILES string of the molecule is CCCC/C=C\CCOC(=O)CCCCCCCC(=O)OCC(CO)(COC(=O)CCCCCCCC(=O)OCC/C=C\CCCC)COC(=O)CCCCCCCC(=O)OCC/C=C\CCCC. The van der Waals surface area contributed by atoms with Crippen LogP contribution in [0.25, 0.3) is 0 Å². The van der Waals surface area contributed by atoms with Gasteiger partial charge in [0.25, 0.3) is 0 Å². The maximum atomic E-state index is 12.8. The van der Waals surface area contributed by atoms with E-state index in [1.807, 2.05) is 0 Å². The number of allylic oxidation sites excluding steroid dienone is 3. The predicted octanol–water partition coefficient (Wildman–Crippen LogP) is 12.8. The van der Waals surface area contributed by atoms with E-state index in [2.05, 4.69) is 57.2 Å². The smallest absolute Gasteiger partial charge is 0.305 e. The molecule has 0 heterocycles. The van der Waals surface area contributed by atoms with Crippen molar-refractivity contribution in [2.45, 2.75) is 233 Å². The van der Waals surface area contributed by atoms with Crippen molar-refractivity contribution in [1.82, 2.24) is 0 Å². The van der Waals surface area contributed by atoms with E-state index < -0.39 is 29.9 Å². The third-order valence-electron chi connectivity index (χ3n) is 11.6. The fourth-order valence-corrected chi connectivity index (χ4v) is 7.00. The molecule has 0 radical (unpaired) electrons. The predicted molar refractivity (Wildman–Crippen MR) is 272 cm³/mol. The van der Waals surface area contributed by atoms with Crippen LogP contribution < -0.4 is 0 Å². The van der Waals surface area contributed by atoms with Gasteiger partial charge in [-0.1, -0.05) is 154 Å². The molecule has 1 N–H and O–H groups in total. The topological polar surface area (TPSA) is 178 Å². The van der Waals surface area contributed by atoms with Crippen molar-refractivity contribution in [2.24, 2.45) is 5.41 Å². The van der Waals surface area contributed by atoms with Gasteiger partial charge in [-0.15, -0.1) is 0 Å². The molecule has 0 aromatic rings. The normalized spacial score (nSPS) is 11.7. The highest BCUT2D eigenvalue weighted by molar-refractivity contribution is 5.71. The summed E-state index contributed by atoms with van der Waals surface area (Å²) in [5.41, 5.74) is -1.33. The summed E-state index contributed by atoms with van der Waals surface area (Å²) in [4.78, 5) is 74.4. The van der Waals surface area contributed by atoms with Crippen molar-refractivity contribution < 1.29 is 62.3 Å². The van der Waals surface area contributed by atoms with Crippen LogP contribution in [0.2, 0.25) is 0 Å². The molecule has 0 unspecified atom stereocenters. The molecule has 0 aromatic carbocycles. The maximum absolute atomic E-state index is 12.8. The number of carbonyl (C=O) groups is 6. The Hall–Kier alpha value is -4.00. The average Bonchev–Trinajstić information content (AvgIpc) is 3.34. The van der Waals surface area contributed by atoms with E-state index in [0.717, 1.165) is 154 Å². The monoisotopic (exact) mass is 977 g/mol. The molecule has 0 aromatic heterocycles.